The van der Waals surface area contributed by atoms with E-state index in [2.05, 4.69) is 25.1 Å². The van der Waals surface area contributed by atoms with E-state index in [-0.39, 0.29) is 11.2 Å². The molecule has 1 amide bonds. The van der Waals surface area contributed by atoms with Crippen LogP contribution in [0, 0.1) is 0 Å². The van der Waals surface area contributed by atoms with E-state index in [1.165, 1.54) is 34.6 Å². The monoisotopic (exact) mass is 349 g/mol. The fraction of sp³-hybridized carbons (Fsp3) is 0.154. The molecule has 22 heavy (non-hydrogen) atoms. The van der Waals surface area contributed by atoms with Crippen molar-refractivity contribution in [1.29, 1.82) is 0 Å². The Balaban J connectivity index is 1.61. The molecule has 0 aliphatic heterocycles. The molecule has 1 unspecified atom stereocenters. The van der Waals surface area contributed by atoms with Crippen molar-refractivity contribution in [1.82, 2.24) is 19.8 Å². The zero-order chi connectivity index (χ0) is 15.4. The van der Waals surface area contributed by atoms with Gasteiger partial charge in [0.1, 0.15) is 11.2 Å². The molecule has 0 saturated carbocycles. The second kappa shape index (κ2) is 6.95. The molecule has 3 aromatic rings. The number of hydrogen-bond donors (Lipinski definition) is 1. The van der Waals surface area contributed by atoms with Crippen LogP contribution in [0.25, 0.3) is 11.3 Å². The molecule has 1 atom stereocenters. The zero-order valence-corrected chi connectivity index (χ0v) is 13.9. The first-order valence-electron chi connectivity index (χ1n) is 6.33. The summed E-state index contributed by atoms with van der Waals surface area (Å²) in [7, 11) is 0. The average Bonchev–Trinajstić information content (AvgIpc) is 3.21. The highest BCUT2D eigenvalue weighted by molar-refractivity contribution is 8.02. The minimum absolute atomic E-state index is 0.0664. The summed E-state index contributed by atoms with van der Waals surface area (Å²) >= 11 is 4.13. The van der Waals surface area contributed by atoms with E-state index in [0.29, 0.717) is 0 Å². The van der Waals surface area contributed by atoms with E-state index in [9.17, 15) is 4.79 Å². The van der Waals surface area contributed by atoms with E-state index in [1.807, 2.05) is 36.6 Å². The quantitative estimate of drug-likeness (QED) is 0.713. The Bertz CT molecular complexity index is 728. The highest BCUT2D eigenvalue weighted by Crippen LogP contribution is 2.25. The third-order valence-electron chi connectivity index (χ3n) is 2.80. The van der Waals surface area contributed by atoms with Gasteiger partial charge in [0.2, 0.25) is 5.91 Å². The lowest BCUT2D eigenvalue weighted by Crippen LogP contribution is -2.22. The third kappa shape index (κ3) is 3.67. The summed E-state index contributed by atoms with van der Waals surface area (Å²) in [5.74, 6) is -0.0664. The number of carbonyl (C=O) groups excluding carboxylic acids is 1. The second-order valence-electron chi connectivity index (χ2n) is 4.32. The van der Waals surface area contributed by atoms with E-state index in [1.54, 1.807) is 5.51 Å². The SMILES string of the molecule is CC(Sc1nncs1)C(=O)Nc1ccc(-c2csnn2)cc1. The van der Waals surface area contributed by atoms with Gasteiger partial charge in [0.05, 0.1) is 5.25 Å². The Morgan fingerprint density at radius 1 is 1.27 bits per heavy atom. The minimum Gasteiger partial charge on any atom is -0.325 e. The van der Waals surface area contributed by atoms with Crippen LogP contribution in [0.2, 0.25) is 0 Å². The summed E-state index contributed by atoms with van der Waals surface area (Å²) in [4.78, 5) is 12.2. The van der Waals surface area contributed by atoms with Gasteiger partial charge >= 0.3 is 0 Å². The van der Waals surface area contributed by atoms with Gasteiger partial charge in [-0.3, -0.25) is 4.79 Å². The van der Waals surface area contributed by atoms with Crippen molar-refractivity contribution in [2.75, 3.05) is 5.32 Å². The first-order chi connectivity index (χ1) is 10.7. The molecule has 0 radical (unpaired) electrons. The van der Waals surface area contributed by atoms with Gasteiger partial charge in [0.25, 0.3) is 0 Å². The fourth-order valence-electron chi connectivity index (χ4n) is 1.68. The molecule has 0 aliphatic carbocycles. The Morgan fingerprint density at radius 3 is 2.73 bits per heavy atom. The summed E-state index contributed by atoms with van der Waals surface area (Å²) in [6.45, 7) is 1.84. The van der Waals surface area contributed by atoms with Crippen LogP contribution in [0.5, 0.6) is 0 Å². The van der Waals surface area contributed by atoms with Crippen LogP contribution >= 0.6 is 34.6 Å². The van der Waals surface area contributed by atoms with Crippen LogP contribution in [-0.2, 0) is 4.79 Å². The maximum absolute atomic E-state index is 12.2. The van der Waals surface area contributed by atoms with Gasteiger partial charge in [0.15, 0.2) is 4.34 Å². The molecule has 0 fully saturated rings. The van der Waals surface area contributed by atoms with Crippen molar-refractivity contribution in [3.63, 3.8) is 0 Å². The third-order valence-corrected chi connectivity index (χ3v) is 5.21. The number of thioether (sulfide) groups is 1. The summed E-state index contributed by atoms with van der Waals surface area (Å²) in [5.41, 5.74) is 4.21. The normalized spacial score (nSPS) is 12.0. The van der Waals surface area contributed by atoms with E-state index < -0.39 is 0 Å². The van der Waals surface area contributed by atoms with Crippen LogP contribution in [-0.4, -0.2) is 30.9 Å². The Hall–Kier alpha value is -1.84. The summed E-state index contributed by atoms with van der Waals surface area (Å²) < 4.78 is 4.62. The number of rotatable bonds is 5. The number of hydrogen-bond acceptors (Lipinski definition) is 8. The van der Waals surface area contributed by atoms with Crippen LogP contribution in [0.4, 0.5) is 5.69 Å². The second-order valence-corrected chi connectivity index (χ2v) is 7.35. The molecule has 0 aliphatic rings. The lowest BCUT2D eigenvalue weighted by molar-refractivity contribution is -0.115. The number of anilines is 1. The van der Waals surface area contributed by atoms with Crippen molar-refractivity contribution in [2.45, 2.75) is 16.5 Å². The largest absolute Gasteiger partial charge is 0.325 e. The molecule has 0 spiro atoms. The number of amides is 1. The van der Waals surface area contributed by atoms with Gasteiger partial charge in [-0.1, -0.05) is 39.7 Å². The predicted molar refractivity (Wildman–Crippen MR) is 89.2 cm³/mol. The molecule has 9 heteroatoms. The van der Waals surface area contributed by atoms with Crippen molar-refractivity contribution >= 4 is 46.2 Å². The fourth-order valence-corrected chi connectivity index (χ4v) is 3.77. The predicted octanol–water partition coefficient (Wildman–Crippen LogP) is 3.18. The maximum Gasteiger partial charge on any atom is 0.237 e. The van der Waals surface area contributed by atoms with Crippen molar-refractivity contribution in [3.05, 3.63) is 35.2 Å². The van der Waals surface area contributed by atoms with E-state index in [0.717, 1.165) is 21.3 Å². The molecule has 0 saturated heterocycles. The number of carbonyl (C=O) groups is 1. The number of nitrogens with one attached hydrogen (secondary N) is 1. The van der Waals surface area contributed by atoms with Crippen molar-refractivity contribution in [3.8, 4) is 11.3 Å². The van der Waals surface area contributed by atoms with Crippen LogP contribution in [0.1, 0.15) is 6.92 Å². The molecule has 6 nitrogen and oxygen atoms in total. The smallest absolute Gasteiger partial charge is 0.237 e. The van der Waals surface area contributed by atoms with Crippen molar-refractivity contribution < 1.29 is 4.79 Å². The molecule has 1 N–H and O–H groups in total. The van der Waals surface area contributed by atoms with Crippen LogP contribution < -0.4 is 5.32 Å². The number of nitrogens with zero attached hydrogens (tertiary/aromatic N) is 4. The summed E-state index contributed by atoms with van der Waals surface area (Å²) in [5, 5.41) is 16.2. The lowest BCUT2D eigenvalue weighted by Gasteiger charge is -2.10. The number of benzene rings is 1. The maximum atomic E-state index is 12.2. The van der Waals surface area contributed by atoms with Gasteiger partial charge in [-0.05, 0) is 30.6 Å². The van der Waals surface area contributed by atoms with Gasteiger partial charge in [-0.15, -0.1) is 15.3 Å². The van der Waals surface area contributed by atoms with Gasteiger partial charge in [-0.25, -0.2) is 0 Å². The summed E-state index contributed by atoms with van der Waals surface area (Å²) in [6.07, 6.45) is 0. The van der Waals surface area contributed by atoms with E-state index >= 15 is 0 Å². The molecular formula is C13H11N5OS3. The topological polar surface area (TPSA) is 80.7 Å². The highest BCUT2D eigenvalue weighted by atomic mass is 32.2. The molecule has 2 heterocycles. The van der Waals surface area contributed by atoms with Gasteiger partial charge < -0.3 is 5.32 Å². The average molecular weight is 349 g/mol. The molecule has 112 valence electrons. The molecule has 1 aromatic carbocycles. The Kier molecular flexibility index (Phi) is 4.76. The zero-order valence-electron chi connectivity index (χ0n) is 11.5. The molecule has 2 aromatic heterocycles. The highest BCUT2D eigenvalue weighted by Gasteiger charge is 2.16. The molecule has 3 rings (SSSR count). The molecule has 0 bridgehead atoms. The first-order valence-corrected chi connectivity index (χ1v) is 8.93. The van der Waals surface area contributed by atoms with Gasteiger partial charge in [-0.2, -0.15) is 0 Å². The minimum atomic E-state index is -0.240. The lowest BCUT2D eigenvalue weighted by atomic mass is 10.1. The molecular weight excluding hydrogens is 338 g/mol. The van der Waals surface area contributed by atoms with Crippen LogP contribution in [0.15, 0.2) is 39.5 Å². The van der Waals surface area contributed by atoms with Crippen molar-refractivity contribution in [2.24, 2.45) is 0 Å². The summed E-state index contributed by atoms with van der Waals surface area (Å²) in [6, 6.07) is 7.54. The van der Waals surface area contributed by atoms with Gasteiger partial charge in [0, 0.05) is 16.6 Å². The van der Waals surface area contributed by atoms with Crippen LogP contribution in [0.3, 0.4) is 0 Å². The number of aromatic nitrogens is 4. The first kappa shape index (κ1) is 15.1. The Morgan fingerprint density at radius 2 is 2.09 bits per heavy atom. The van der Waals surface area contributed by atoms with E-state index in [4.69, 9.17) is 0 Å². The standard InChI is InChI=1S/C13H11N5OS3/c1-8(22-13-17-14-7-20-13)12(19)15-10-4-2-9(3-5-10)11-6-21-18-16-11/h2-8H,1H3,(H,15,19). The Labute approximate surface area is 139 Å².